The molecular weight excluding hydrogens is 515 g/mol. The molecule has 4 rings (SSSR count). The molecule has 0 fully saturated rings. The number of thiocarbonyl (C=S) groups is 1. The van der Waals surface area contributed by atoms with Gasteiger partial charge in [0.2, 0.25) is 0 Å². The molecule has 0 aromatic heterocycles. The zero-order valence-corrected chi connectivity index (χ0v) is 21.7. The summed E-state index contributed by atoms with van der Waals surface area (Å²) in [5.41, 5.74) is 2.77. The average molecular weight is 542 g/mol. The molecule has 0 spiro atoms. The molecular formula is C28H26F3N3O3S. The molecule has 0 radical (unpaired) electrons. The van der Waals surface area contributed by atoms with Crippen LogP contribution >= 0.6 is 12.2 Å². The highest BCUT2D eigenvalue weighted by molar-refractivity contribution is 7.80. The number of alkyl halides is 3. The molecule has 3 aromatic rings. The zero-order valence-electron chi connectivity index (χ0n) is 20.9. The molecule has 198 valence electrons. The molecule has 1 aliphatic heterocycles. The molecule has 10 heteroatoms. The number of benzene rings is 3. The summed E-state index contributed by atoms with van der Waals surface area (Å²) < 4.78 is 44.6. The first-order chi connectivity index (χ1) is 18.0. The van der Waals surface area contributed by atoms with Gasteiger partial charge in [0.25, 0.3) is 5.91 Å². The zero-order chi connectivity index (χ0) is 27.6. The van der Waals surface area contributed by atoms with E-state index in [1.165, 1.54) is 25.3 Å². The van der Waals surface area contributed by atoms with E-state index in [1.807, 2.05) is 38.1 Å². The van der Waals surface area contributed by atoms with Gasteiger partial charge in [-0.05, 0) is 71.2 Å². The van der Waals surface area contributed by atoms with Crippen LogP contribution in [0, 0.1) is 5.92 Å². The van der Waals surface area contributed by atoms with Crippen LogP contribution in [0.5, 0.6) is 0 Å². The van der Waals surface area contributed by atoms with E-state index in [0.29, 0.717) is 17.8 Å². The van der Waals surface area contributed by atoms with Gasteiger partial charge in [-0.2, -0.15) is 13.2 Å². The highest BCUT2D eigenvalue weighted by atomic mass is 32.1. The van der Waals surface area contributed by atoms with Crippen molar-refractivity contribution in [2.75, 3.05) is 17.7 Å². The second-order valence-electron chi connectivity index (χ2n) is 9.22. The van der Waals surface area contributed by atoms with Gasteiger partial charge in [-0.15, -0.1) is 0 Å². The van der Waals surface area contributed by atoms with Crippen LogP contribution in [-0.4, -0.2) is 35.0 Å². The van der Waals surface area contributed by atoms with Crippen LogP contribution in [0.25, 0.3) is 11.1 Å². The normalized spacial score (nSPS) is 13.8. The molecule has 6 nitrogen and oxygen atoms in total. The Balaban J connectivity index is 1.47. The van der Waals surface area contributed by atoms with E-state index >= 15 is 0 Å². The topological polar surface area (TPSA) is 70.7 Å². The fraction of sp³-hybridized carbons (Fsp3) is 0.250. The molecule has 38 heavy (non-hydrogen) atoms. The van der Waals surface area contributed by atoms with E-state index in [9.17, 15) is 22.8 Å². The number of hydrogen-bond donors (Lipinski definition) is 2. The van der Waals surface area contributed by atoms with E-state index in [4.69, 9.17) is 17.0 Å². The summed E-state index contributed by atoms with van der Waals surface area (Å²) in [6.07, 6.45) is -4.51. The van der Waals surface area contributed by atoms with Gasteiger partial charge in [0, 0.05) is 17.8 Å². The smallest absolute Gasteiger partial charge is 0.418 e. The number of carbonyl (C=O) groups is 2. The van der Waals surface area contributed by atoms with Crippen LogP contribution < -0.4 is 10.6 Å². The van der Waals surface area contributed by atoms with E-state index < -0.39 is 23.8 Å². The number of rotatable bonds is 6. The number of methoxy groups -OCH3 is 1. The number of para-hydroxylation sites is 1. The molecule has 0 aliphatic carbocycles. The summed E-state index contributed by atoms with van der Waals surface area (Å²) in [7, 11) is 1.31. The van der Waals surface area contributed by atoms with E-state index in [-0.39, 0.29) is 22.6 Å². The predicted octanol–water partition coefficient (Wildman–Crippen LogP) is 6.33. The monoisotopic (exact) mass is 541 g/mol. The highest BCUT2D eigenvalue weighted by Crippen LogP contribution is 2.35. The maximum atomic E-state index is 13.2. The number of halogens is 3. The minimum Gasteiger partial charge on any atom is -0.467 e. The lowest BCUT2D eigenvalue weighted by atomic mass is 10.0. The molecule has 1 aliphatic rings. The Morgan fingerprint density at radius 1 is 1.00 bits per heavy atom. The number of amides is 1. The summed E-state index contributed by atoms with van der Waals surface area (Å²) in [4.78, 5) is 26.9. The minimum atomic E-state index is -4.51. The summed E-state index contributed by atoms with van der Waals surface area (Å²) in [5.74, 6) is -0.759. The lowest BCUT2D eigenvalue weighted by Gasteiger charge is -2.28. The van der Waals surface area contributed by atoms with Crippen LogP contribution in [0.4, 0.5) is 24.5 Å². The summed E-state index contributed by atoms with van der Waals surface area (Å²) in [6, 6.07) is 17.2. The molecule has 1 amide bonds. The van der Waals surface area contributed by atoms with Crippen LogP contribution in [0.1, 0.15) is 35.3 Å². The molecule has 0 saturated carbocycles. The number of nitrogens with one attached hydrogen (secondary N) is 2. The van der Waals surface area contributed by atoms with Crippen molar-refractivity contribution in [3.63, 3.8) is 0 Å². The molecule has 0 bridgehead atoms. The molecule has 1 heterocycles. The Morgan fingerprint density at radius 2 is 1.66 bits per heavy atom. The number of esters is 1. The highest BCUT2D eigenvalue weighted by Gasteiger charge is 2.38. The van der Waals surface area contributed by atoms with Gasteiger partial charge >= 0.3 is 12.1 Å². The summed E-state index contributed by atoms with van der Waals surface area (Å²) in [6.45, 7) is 4.04. The van der Waals surface area contributed by atoms with Crippen LogP contribution in [-0.2, 0) is 22.3 Å². The third-order valence-electron chi connectivity index (χ3n) is 6.30. The van der Waals surface area contributed by atoms with Gasteiger partial charge in [-0.3, -0.25) is 4.79 Å². The van der Waals surface area contributed by atoms with Crippen molar-refractivity contribution in [3.05, 3.63) is 83.4 Å². The first-order valence-corrected chi connectivity index (χ1v) is 12.3. The Morgan fingerprint density at radius 3 is 2.29 bits per heavy atom. The molecule has 0 saturated heterocycles. The second-order valence-corrected chi connectivity index (χ2v) is 9.63. The Bertz CT molecular complexity index is 1370. The first kappa shape index (κ1) is 27.1. The number of nitrogens with zero attached hydrogens (tertiary/aromatic N) is 1. The van der Waals surface area contributed by atoms with Gasteiger partial charge in [-0.25, -0.2) is 4.79 Å². The van der Waals surface area contributed by atoms with Crippen LogP contribution in [0.2, 0.25) is 0 Å². The number of ether oxygens (including phenoxy) is 1. The van der Waals surface area contributed by atoms with E-state index in [1.54, 1.807) is 23.1 Å². The Hall–Kier alpha value is -3.92. The minimum absolute atomic E-state index is 0.0240. The lowest BCUT2D eigenvalue weighted by Crippen LogP contribution is -2.45. The maximum Gasteiger partial charge on any atom is 0.418 e. The lowest BCUT2D eigenvalue weighted by molar-refractivity contribution is -0.147. The SMILES string of the molecule is COC(=O)C(C(C)C)N1Cc2cc(-c3ccc(NC(=S)Nc4ccccc4C(F)(F)F)cc3)ccc2C1=O. The van der Waals surface area contributed by atoms with Gasteiger partial charge < -0.3 is 20.3 Å². The Kier molecular flexibility index (Phi) is 7.73. The largest absolute Gasteiger partial charge is 0.467 e. The van der Waals surface area contributed by atoms with Gasteiger partial charge in [0.05, 0.1) is 18.4 Å². The number of carbonyl (C=O) groups excluding carboxylic acids is 2. The number of anilines is 2. The van der Waals surface area contributed by atoms with Crippen molar-refractivity contribution in [1.29, 1.82) is 0 Å². The van der Waals surface area contributed by atoms with Crippen molar-refractivity contribution in [1.82, 2.24) is 4.90 Å². The standard InChI is InChI=1S/C28H26F3N3O3S/c1-16(2)24(26(36)37-3)34-15-19-14-18(10-13-21(19)25(34)35)17-8-11-20(12-9-17)32-27(38)33-23-7-5-4-6-22(23)28(29,30)31/h4-14,16,24H,15H2,1-3H3,(H2,32,33,38). The summed E-state index contributed by atoms with van der Waals surface area (Å²) >= 11 is 5.21. The number of fused-ring (bicyclic) bond motifs is 1. The first-order valence-electron chi connectivity index (χ1n) is 11.9. The predicted molar refractivity (Wildman–Crippen MR) is 144 cm³/mol. The summed E-state index contributed by atoms with van der Waals surface area (Å²) in [5, 5.41) is 5.53. The van der Waals surface area contributed by atoms with E-state index in [2.05, 4.69) is 10.6 Å². The molecule has 1 unspecified atom stereocenters. The fourth-order valence-electron chi connectivity index (χ4n) is 4.50. The van der Waals surface area contributed by atoms with Crippen molar-refractivity contribution in [3.8, 4) is 11.1 Å². The average Bonchev–Trinajstić information content (AvgIpc) is 3.19. The quantitative estimate of drug-likeness (QED) is 0.281. The molecule has 3 aromatic carbocycles. The van der Waals surface area contributed by atoms with Crippen LogP contribution in [0.15, 0.2) is 66.7 Å². The van der Waals surface area contributed by atoms with Crippen LogP contribution in [0.3, 0.4) is 0 Å². The van der Waals surface area contributed by atoms with Crippen molar-refractivity contribution in [2.45, 2.75) is 32.6 Å². The van der Waals surface area contributed by atoms with Crippen molar-refractivity contribution >= 4 is 40.6 Å². The number of hydrogen-bond acceptors (Lipinski definition) is 4. The maximum absolute atomic E-state index is 13.2. The molecule has 1 atom stereocenters. The third-order valence-corrected chi connectivity index (χ3v) is 6.51. The Labute approximate surface area is 223 Å². The van der Waals surface area contributed by atoms with Gasteiger partial charge in [-0.1, -0.05) is 44.2 Å². The van der Waals surface area contributed by atoms with Crippen molar-refractivity contribution < 1.29 is 27.5 Å². The third kappa shape index (κ3) is 5.65. The van der Waals surface area contributed by atoms with Crippen molar-refractivity contribution in [2.24, 2.45) is 5.92 Å². The van der Waals surface area contributed by atoms with Gasteiger partial charge in [0.15, 0.2) is 5.11 Å². The second kappa shape index (κ2) is 10.8. The molecule has 2 N–H and O–H groups in total. The van der Waals surface area contributed by atoms with Gasteiger partial charge in [0.1, 0.15) is 6.04 Å². The van der Waals surface area contributed by atoms with E-state index in [0.717, 1.165) is 22.8 Å². The fourth-order valence-corrected chi connectivity index (χ4v) is 4.73.